The summed E-state index contributed by atoms with van der Waals surface area (Å²) in [6.07, 6.45) is 1.86. The molecule has 128 valence electrons. The molecule has 0 aliphatic carbocycles. The molecule has 0 spiro atoms. The summed E-state index contributed by atoms with van der Waals surface area (Å²) in [5, 5.41) is 0. The number of hydrogen-bond donors (Lipinski definition) is 0. The smallest absolute Gasteiger partial charge is 0.270 e. The summed E-state index contributed by atoms with van der Waals surface area (Å²) in [5.74, 6) is 1.04. The van der Waals surface area contributed by atoms with Crippen molar-refractivity contribution in [2.75, 3.05) is 19.1 Å². The van der Waals surface area contributed by atoms with Crippen LogP contribution in [0.4, 0.5) is 5.69 Å². The van der Waals surface area contributed by atoms with Crippen molar-refractivity contribution in [1.82, 2.24) is 0 Å². The van der Waals surface area contributed by atoms with Gasteiger partial charge in [0.05, 0.1) is 24.8 Å². The third-order valence-electron chi connectivity index (χ3n) is 3.76. The summed E-state index contributed by atoms with van der Waals surface area (Å²) >= 11 is 6.72. The fourth-order valence-electron chi connectivity index (χ4n) is 2.56. The molecule has 0 unspecified atom stereocenters. The Morgan fingerprint density at radius 2 is 1.92 bits per heavy atom. The molecule has 25 heavy (non-hydrogen) atoms. The molecule has 0 atom stereocenters. The topological polar surface area (TPSA) is 38.8 Å². The van der Waals surface area contributed by atoms with Crippen molar-refractivity contribution in [2.24, 2.45) is 0 Å². The second-order valence-electron chi connectivity index (χ2n) is 5.47. The van der Waals surface area contributed by atoms with Crippen LogP contribution in [-0.2, 0) is 4.79 Å². The van der Waals surface area contributed by atoms with Gasteiger partial charge in [-0.3, -0.25) is 9.69 Å². The van der Waals surface area contributed by atoms with Crippen molar-refractivity contribution in [2.45, 2.75) is 6.92 Å². The van der Waals surface area contributed by atoms with Gasteiger partial charge in [-0.05, 0) is 30.7 Å². The maximum Gasteiger partial charge on any atom is 0.270 e. The molecule has 0 N–H and O–H groups in total. The van der Waals surface area contributed by atoms with Gasteiger partial charge in [-0.1, -0.05) is 53.8 Å². The second kappa shape index (κ2) is 7.29. The van der Waals surface area contributed by atoms with Crippen molar-refractivity contribution in [3.8, 4) is 11.5 Å². The van der Waals surface area contributed by atoms with E-state index in [9.17, 15) is 4.79 Å². The number of thioether (sulfide) groups is 1. The van der Waals surface area contributed by atoms with Crippen LogP contribution in [0.5, 0.6) is 11.5 Å². The van der Waals surface area contributed by atoms with Crippen molar-refractivity contribution >= 4 is 46.0 Å². The van der Waals surface area contributed by atoms with Gasteiger partial charge in [-0.15, -0.1) is 0 Å². The van der Waals surface area contributed by atoms with E-state index in [-0.39, 0.29) is 5.91 Å². The predicted octanol–water partition coefficient (Wildman–Crippen LogP) is 4.42. The number of hydrogen-bond acceptors (Lipinski definition) is 5. The van der Waals surface area contributed by atoms with E-state index >= 15 is 0 Å². The van der Waals surface area contributed by atoms with E-state index in [0.717, 1.165) is 11.1 Å². The highest BCUT2D eigenvalue weighted by Gasteiger charge is 2.35. The van der Waals surface area contributed by atoms with Gasteiger partial charge in [0.2, 0.25) is 0 Å². The van der Waals surface area contributed by atoms with Gasteiger partial charge in [0.15, 0.2) is 4.32 Å². The van der Waals surface area contributed by atoms with Gasteiger partial charge in [0.25, 0.3) is 5.91 Å². The third kappa shape index (κ3) is 3.55. The number of rotatable bonds is 4. The maximum atomic E-state index is 12.9. The summed E-state index contributed by atoms with van der Waals surface area (Å²) < 4.78 is 11.1. The first-order chi connectivity index (χ1) is 12.0. The van der Waals surface area contributed by atoms with E-state index in [1.807, 2.05) is 37.3 Å². The largest absolute Gasteiger partial charge is 0.497 e. The molecule has 0 aromatic heterocycles. The molecule has 1 saturated heterocycles. The summed E-state index contributed by atoms with van der Waals surface area (Å²) in [6.45, 7) is 2.02. The summed E-state index contributed by atoms with van der Waals surface area (Å²) in [6, 6.07) is 13.3. The third-order valence-corrected chi connectivity index (χ3v) is 5.06. The number of benzene rings is 2. The molecule has 6 heteroatoms. The first kappa shape index (κ1) is 17.5. The summed E-state index contributed by atoms with van der Waals surface area (Å²) in [4.78, 5) is 15.0. The van der Waals surface area contributed by atoms with Gasteiger partial charge in [-0.2, -0.15) is 0 Å². The SMILES string of the molecule is COc1ccc(N2C(=O)C(=Cc3cccc(C)c3)SC2=S)c(OC)c1. The highest BCUT2D eigenvalue weighted by molar-refractivity contribution is 8.27. The van der Waals surface area contributed by atoms with Crippen molar-refractivity contribution < 1.29 is 14.3 Å². The van der Waals surface area contributed by atoms with E-state index in [1.54, 1.807) is 32.4 Å². The second-order valence-corrected chi connectivity index (χ2v) is 7.14. The lowest BCUT2D eigenvalue weighted by atomic mass is 10.1. The van der Waals surface area contributed by atoms with Crippen LogP contribution >= 0.6 is 24.0 Å². The Labute approximate surface area is 156 Å². The Hall–Kier alpha value is -2.31. The Bertz CT molecular complexity index is 877. The minimum absolute atomic E-state index is 0.153. The lowest BCUT2D eigenvalue weighted by Gasteiger charge is -2.18. The van der Waals surface area contributed by atoms with Crippen LogP contribution < -0.4 is 14.4 Å². The number of methoxy groups -OCH3 is 2. The number of carbonyl (C=O) groups excluding carboxylic acids is 1. The van der Waals surface area contributed by atoms with Crippen LogP contribution in [0, 0.1) is 6.92 Å². The van der Waals surface area contributed by atoms with E-state index in [0.29, 0.717) is 26.4 Å². The number of carbonyl (C=O) groups is 1. The fourth-order valence-corrected chi connectivity index (χ4v) is 3.84. The molecule has 1 aliphatic heterocycles. The molecule has 4 nitrogen and oxygen atoms in total. The van der Waals surface area contributed by atoms with Crippen LogP contribution in [0.2, 0.25) is 0 Å². The minimum Gasteiger partial charge on any atom is -0.497 e. The molecule has 1 heterocycles. The lowest BCUT2D eigenvalue weighted by Crippen LogP contribution is -2.27. The Kier molecular flexibility index (Phi) is 5.11. The average Bonchev–Trinajstić information content (AvgIpc) is 2.88. The number of anilines is 1. The zero-order valence-electron chi connectivity index (χ0n) is 14.1. The van der Waals surface area contributed by atoms with Crippen LogP contribution in [0.3, 0.4) is 0 Å². The molecule has 2 aromatic carbocycles. The Balaban J connectivity index is 1.97. The normalized spacial score (nSPS) is 15.8. The lowest BCUT2D eigenvalue weighted by molar-refractivity contribution is -0.113. The zero-order valence-corrected chi connectivity index (χ0v) is 15.7. The first-order valence-corrected chi connectivity index (χ1v) is 8.82. The molecule has 0 bridgehead atoms. The van der Waals surface area contributed by atoms with Crippen LogP contribution in [0.25, 0.3) is 6.08 Å². The zero-order chi connectivity index (χ0) is 18.0. The Morgan fingerprint density at radius 3 is 2.60 bits per heavy atom. The van der Waals surface area contributed by atoms with Crippen molar-refractivity contribution in [3.63, 3.8) is 0 Å². The molecule has 2 aromatic rings. The van der Waals surface area contributed by atoms with E-state index in [1.165, 1.54) is 16.7 Å². The molecule has 1 aliphatic rings. The van der Waals surface area contributed by atoms with Gasteiger partial charge in [-0.25, -0.2) is 0 Å². The van der Waals surface area contributed by atoms with Crippen LogP contribution in [0.1, 0.15) is 11.1 Å². The number of nitrogens with zero attached hydrogens (tertiary/aromatic N) is 1. The number of aryl methyl sites for hydroxylation is 1. The quantitative estimate of drug-likeness (QED) is 0.588. The van der Waals surface area contributed by atoms with E-state index in [4.69, 9.17) is 21.7 Å². The summed E-state index contributed by atoms with van der Waals surface area (Å²) in [7, 11) is 3.14. The standard InChI is InChI=1S/C19H17NO3S2/c1-12-5-4-6-13(9-12)10-17-18(21)20(19(24)25-17)15-8-7-14(22-2)11-16(15)23-3/h4-11H,1-3H3. The molecule has 1 fully saturated rings. The van der Waals surface area contributed by atoms with Gasteiger partial charge in [0.1, 0.15) is 11.5 Å². The maximum absolute atomic E-state index is 12.9. The van der Waals surface area contributed by atoms with Crippen LogP contribution in [0.15, 0.2) is 47.4 Å². The average molecular weight is 371 g/mol. The molecular formula is C19H17NO3S2. The van der Waals surface area contributed by atoms with Crippen molar-refractivity contribution in [3.05, 3.63) is 58.5 Å². The monoisotopic (exact) mass is 371 g/mol. The van der Waals surface area contributed by atoms with Gasteiger partial charge < -0.3 is 9.47 Å². The fraction of sp³-hybridized carbons (Fsp3) is 0.158. The Morgan fingerprint density at radius 1 is 1.12 bits per heavy atom. The van der Waals surface area contributed by atoms with Gasteiger partial charge in [0, 0.05) is 6.07 Å². The highest BCUT2D eigenvalue weighted by atomic mass is 32.2. The molecule has 3 rings (SSSR count). The highest BCUT2D eigenvalue weighted by Crippen LogP contribution is 2.41. The van der Waals surface area contributed by atoms with Crippen LogP contribution in [-0.4, -0.2) is 24.4 Å². The molecule has 0 radical (unpaired) electrons. The van der Waals surface area contributed by atoms with Gasteiger partial charge >= 0.3 is 0 Å². The summed E-state index contributed by atoms with van der Waals surface area (Å²) in [5.41, 5.74) is 2.72. The predicted molar refractivity (Wildman–Crippen MR) is 106 cm³/mol. The molecule has 0 saturated carbocycles. The number of ether oxygens (including phenoxy) is 2. The molecular weight excluding hydrogens is 354 g/mol. The minimum atomic E-state index is -0.153. The molecule has 1 amide bonds. The van der Waals surface area contributed by atoms with E-state index in [2.05, 4.69) is 0 Å². The number of thiocarbonyl (C=S) groups is 1. The first-order valence-electron chi connectivity index (χ1n) is 7.60. The van der Waals surface area contributed by atoms with E-state index < -0.39 is 0 Å². The number of amides is 1. The van der Waals surface area contributed by atoms with Crippen molar-refractivity contribution in [1.29, 1.82) is 0 Å².